The first-order valence-electron chi connectivity index (χ1n) is 14.6. The fourth-order valence-electron chi connectivity index (χ4n) is 5.38. The van der Waals surface area contributed by atoms with Crippen molar-refractivity contribution >= 4 is 66.7 Å². The van der Waals surface area contributed by atoms with Crippen molar-refractivity contribution in [1.29, 1.82) is 0 Å². The molecule has 1 saturated carbocycles. The van der Waals surface area contributed by atoms with Gasteiger partial charge in [-0.15, -0.1) is 0 Å². The molecule has 0 unspecified atom stereocenters. The molecule has 18 heteroatoms. The minimum Gasteiger partial charge on any atom is -0.338 e. The number of anilines is 3. The Morgan fingerprint density at radius 1 is 0.980 bits per heavy atom. The van der Waals surface area contributed by atoms with E-state index < -0.39 is 61.4 Å². The number of aryl methyl sites for hydroxylation is 1. The van der Waals surface area contributed by atoms with Gasteiger partial charge in [0.15, 0.2) is 0 Å². The predicted molar refractivity (Wildman–Crippen MR) is 183 cm³/mol. The quantitative estimate of drug-likeness (QED) is 0.128. The van der Waals surface area contributed by atoms with Gasteiger partial charge in [-0.25, -0.2) is 14.0 Å². The van der Waals surface area contributed by atoms with Crippen LogP contribution in [-0.2, 0) is 26.7 Å². The van der Waals surface area contributed by atoms with Gasteiger partial charge >= 0.3 is 17.8 Å². The Hall–Kier alpha value is -4.98. The summed E-state index contributed by atoms with van der Waals surface area (Å²) in [6.07, 6.45) is -4.68. The van der Waals surface area contributed by atoms with E-state index in [1.807, 2.05) is 22.6 Å². The Bertz CT molecular complexity index is 2500. The standard InChI is InChI=1S/C32H24F4IN5O7S/c1-17-26-25(27(39(2)28(17)43)38-24-14-11-18(37)15-23(24)33)29(44)41(19-12-13-19)31(46)40(26)20-7-6-8-21(16-20)42(49-30(45)32(34,35)36)50(47,48)22-9-4-3-5-10-22/h3-11,14-16,19,38H,12-13H2,1-2H3. The number of nitrogens with zero attached hydrogens (tertiary/aromatic N) is 4. The van der Waals surface area contributed by atoms with E-state index >= 15 is 4.39 Å². The summed E-state index contributed by atoms with van der Waals surface area (Å²) in [6, 6.07) is 14.3. The summed E-state index contributed by atoms with van der Waals surface area (Å²) in [7, 11) is -3.65. The summed E-state index contributed by atoms with van der Waals surface area (Å²) < 4.78 is 85.7. The SMILES string of the molecule is Cc1c(=O)n(C)c(Nc2ccc(I)cc2F)c2c(=O)n(C3CC3)c(=O)n(-c3cccc(N(OC(=O)C(F)(F)F)S(=O)(=O)c4ccccc4)c3)c12. The molecule has 2 heterocycles. The van der Waals surface area contributed by atoms with Crippen LogP contribution in [0.25, 0.3) is 16.6 Å². The number of carbonyl (C=O) groups is 1. The molecule has 1 aliphatic carbocycles. The Balaban J connectivity index is 1.65. The molecule has 0 saturated heterocycles. The number of halogens is 5. The van der Waals surface area contributed by atoms with Gasteiger partial charge in [-0.1, -0.05) is 28.7 Å². The summed E-state index contributed by atoms with van der Waals surface area (Å²) in [4.78, 5) is 57.8. The van der Waals surface area contributed by atoms with Crippen LogP contribution in [0.1, 0.15) is 24.4 Å². The third-order valence-electron chi connectivity index (χ3n) is 7.89. The van der Waals surface area contributed by atoms with Crippen LogP contribution in [0.3, 0.4) is 0 Å². The number of fused-ring (bicyclic) bond motifs is 1. The van der Waals surface area contributed by atoms with E-state index in [2.05, 4.69) is 10.2 Å². The van der Waals surface area contributed by atoms with Gasteiger partial charge in [0.05, 0.1) is 27.5 Å². The van der Waals surface area contributed by atoms with Crippen molar-refractivity contribution in [3.63, 3.8) is 0 Å². The maximum Gasteiger partial charge on any atom is 0.493 e. The summed E-state index contributed by atoms with van der Waals surface area (Å²) in [5.74, 6) is -3.70. The molecule has 1 aliphatic rings. The van der Waals surface area contributed by atoms with Gasteiger partial charge in [-0.05, 0) is 90.9 Å². The molecular formula is C32H24F4IN5O7S. The highest BCUT2D eigenvalue weighted by Crippen LogP contribution is 2.35. The molecule has 0 bridgehead atoms. The third kappa shape index (κ3) is 6.16. The van der Waals surface area contributed by atoms with Crippen LogP contribution in [-0.4, -0.2) is 34.3 Å². The number of hydrogen-bond acceptors (Lipinski definition) is 8. The average molecular weight is 826 g/mol. The zero-order chi connectivity index (χ0) is 36.3. The molecule has 50 heavy (non-hydrogen) atoms. The summed E-state index contributed by atoms with van der Waals surface area (Å²) in [5.41, 5.74) is -3.66. The minimum atomic E-state index is -5.59. The molecule has 6 rings (SSSR count). The lowest BCUT2D eigenvalue weighted by Crippen LogP contribution is -2.41. The normalized spacial score (nSPS) is 13.3. The van der Waals surface area contributed by atoms with Crippen LogP contribution in [0, 0.1) is 16.3 Å². The molecule has 0 amide bonds. The average Bonchev–Trinajstić information content (AvgIpc) is 3.90. The molecule has 1 fully saturated rings. The van der Waals surface area contributed by atoms with Crippen molar-refractivity contribution in [2.45, 2.75) is 36.9 Å². The van der Waals surface area contributed by atoms with Crippen LogP contribution in [0.15, 0.2) is 92.1 Å². The van der Waals surface area contributed by atoms with Crippen molar-refractivity contribution in [2.75, 3.05) is 9.79 Å². The monoisotopic (exact) mass is 825 g/mol. The van der Waals surface area contributed by atoms with Crippen molar-refractivity contribution in [3.8, 4) is 5.69 Å². The fraction of sp³-hybridized carbons (Fsp3) is 0.188. The van der Waals surface area contributed by atoms with Gasteiger partial charge in [0.1, 0.15) is 17.0 Å². The number of pyridine rings is 1. The van der Waals surface area contributed by atoms with Gasteiger partial charge in [-0.2, -0.15) is 21.6 Å². The first-order chi connectivity index (χ1) is 23.5. The Labute approximate surface area is 293 Å². The Kier molecular flexibility index (Phi) is 8.87. The molecule has 0 aliphatic heterocycles. The van der Waals surface area contributed by atoms with E-state index in [1.165, 1.54) is 56.4 Å². The second-order valence-electron chi connectivity index (χ2n) is 11.3. The lowest BCUT2D eigenvalue weighted by molar-refractivity contribution is -0.199. The first kappa shape index (κ1) is 34.9. The number of nitrogens with one attached hydrogen (secondary N) is 1. The van der Waals surface area contributed by atoms with Crippen molar-refractivity contribution in [1.82, 2.24) is 13.7 Å². The van der Waals surface area contributed by atoms with Crippen LogP contribution in [0.4, 0.5) is 34.8 Å². The van der Waals surface area contributed by atoms with Crippen LogP contribution in [0.5, 0.6) is 0 Å². The van der Waals surface area contributed by atoms with Crippen LogP contribution < -0.4 is 26.6 Å². The smallest absolute Gasteiger partial charge is 0.338 e. The first-order valence-corrected chi connectivity index (χ1v) is 17.2. The zero-order valence-electron chi connectivity index (χ0n) is 25.9. The molecule has 2 aromatic heterocycles. The molecular weight excluding hydrogens is 801 g/mol. The van der Waals surface area contributed by atoms with Crippen molar-refractivity contribution in [2.24, 2.45) is 7.05 Å². The van der Waals surface area contributed by atoms with E-state index in [1.54, 1.807) is 6.07 Å². The molecule has 0 atom stereocenters. The zero-order valence-corrected chi connectivity index (χ0v) is 28.8. The molecule has 5 aromatic rings. The van der Waals surface area contributed by atoms with Crippen LogP contribution in [0.2, 0.25) is 0 Å². The second-order valence-corrected chi connectivity index (χ2v) is 14.3. The number of rotatable bonds is 8. The highest BCUT2D eigenvalue weighted by atomic mass is 127. The molecule has 3 aromatic carbocycles. The van der Waals surface area contributed by atoms with Gasteiger partial charge < -0.3 is 10.2 Å². The number of carbonyl (C=O) groups excluding carboxylic acids is 1. The van der Waals surface area contributed by atoms with Gasteiger partial charge in [0, 0.05) is 22.2 Å². The highest BCUT2D eigenvalue weighted by Gasteiger charge is 2.45. The third-order valence-corrected chi connectivity index (χ3v) is 10.2. The van der Waals surface area contributed by atoms with E-state index in [0.29, 0.717) is 16.4 Å². The second kappa shape index (κ2) is 12.7. The molecule has 0 radical (unpaired) electrons. The fourth-order valence-corrected chi connectivity index (χ4v) is 7.08. The number of hydrogen-bond donors (Lipinski definition) is 1. The number of aromatic nitrogens is 3. The summed E-state index contributed by atoms with van der Waals surface area (Å²) in [6.45, 7) is 1.35. The van der Waals surface area contributed by atoms with E-state index in [0.717, 1.165) is 38.0 Å². The largest absolute Gasteiger partial charge is 0.493 e. The number of benzene rings is 3. The van der Waals surface area contributed by atoms with Crippen LogP contribution >= 0.6 is 22.6 Å². The maximum absolute atomic E-state index is 15.0. The van der Waals surface area contributed by atoms with Crippen molar-refractivity contribution in [3.05, 3.63) is 119 Å². The minimum absolute atomic E-state index is 0.0871. The molecule has 1 N–H and O–H groups in total. The summed E-state index contributed by atoms with van der Waals surface area (Å²) >= 11 is 1.91. The molecule has 260 valence electrons. The van der Waals surface area contributed by atoms with E-state index in [4.69, 9.17) is 0 Å². The lowest BCUT2D eigenvalue weighted by Gasteiger charge is -2.24. The van der Waals surface area contributed by atoms with E-state index in [9.17, 15) is 40.8 Å². The van der Waals surface area contributed by atoms with Crippen molar-refractivity contribution < 1.29 is 35.6 Å². The summed E-state index contributed by atoms with van der Waals surface area (Å²) in [5, 5.41) is 2.61. The predicted octanol–water partition coefficient (Wildman–Crippen LogP) is 5.20. The number of alkyl halides is 3. The van der Waals surface area contributed by atoms with Gasteiger partial charge in [-0.3, -0.25) is 23.3 Å². The van der Waals surface area contributed by atoms with E-state index in [-0.39, 0.29) is 38.1 Å². The number of sulfonamides is 1. The maximum atomic E-state index is 15.0. The Morgan fingerprint density at radius 2 is 1.66 bits per heavy atom. The van der Waals surface area contributed by atoms with Gasteiger partial charge in [0.25, 0.3) is 21.1 Å². The Morgan fingerprint density at radius 3 is 2.28 bits per heavy atom. The lowest BCUT2D eigenvalue weighted by atomic mass is 10.1. The van der Waals surface area contributed by atoms with Gasteiger partial charge in [0.2, 0.25) is 0 Å². The highest BCUT2D eigenvalue weighted by molar-refractivity contribution is 14.1. The molecule has 0 spiro atoms. The topological polar surface area (TPSA) is 142 Å². The molecule has 12 nitrogen and oxygen atoms in total.